The summed E-state index contributed by atoms with van der Waals surface area (Å²) in [4.78, 5) is 9.99. The molecule has 0 radical (unpaired) electrons. The number of para-hydroxylation sites is 1. The number of hydrogen-bond acceptors (Lipinski definition) is 4. The van der Waals surface area contributed by atoms with Gasteiger partial charge in [-0.1, -0.05) is 78.0 Å². The number of aliphatic imine (C=N–C) groups is 1. The first kappa shape index (κ1) is 26.8. The Kier molecular flexibility index (Phi) is 9.76. The minimum absolute atomic E-state index is 0.726. The minimum Gasteiger partial charge on any atom is -0.378 e. The lowest BCUT2D eigenvalue weighted by molar-refractivity contribution is 0.183. The fourth-order valence-electron chi connectivity index (χ4n) is 5.11. The van der Waals surface area contributed by atoms with Crippen molar-refractivity contribution in [2.45, 2.75) is 30.6 Å². The molecule has 196 valence electrons. The molecule has 0 unspecified atom stereocenters. The Hall–Kier alpha value is -2.79. The van der Waals surface area contributed by atoms with Crippen LogP contribution in [-0.4, -0.2) is 43.3 Å². The highest BCUT2D eigenvalue weighted by molar-refractivity contribution is 8.03. The van der Waals surface area contributed by atoms with Gasteiger partial charge in [0.05, 0.1) is 12.3 Å². The summed E-state index contributed by atoms with van der Waals surface area (Å²) in [6, 6.07) is 27.4. The summed E-state index contributed by atoms with van der Waals surface area (Å²) in [5.74, 6) is 0.818. The SMILES string of the molecule is Clc1cccc(/C=C2/C=CC(=NCCCN3CCC(Cc4ccccc4)CC3)CNc3ccccc3S2)c1. The molecular weight excluding hydrogens is 506 g/mol. The number of benzene rings is 3. The largest absolute Gasteiger partial charge is 0.378 e. The van der Waals surface area contributed by atoms with Crippen LogP contribution in [0.3, 0.4) is 0 Å². The highest BCUT2D eigenvalue weighted by Gasteiger charge is 2.19. The van der Waals surface area contributed by atoms with Crippen LogP contribution in [0.2, 0.25) is 5.02 Å². The molecule has 5 heteroatoms. The van der Waals surface area contributed by atoms with Crippen molar-refractivity contribution in [3.05, 3.63) is 112 Å². The Balaban J connectivity index is 1.17. The molecule has 0 aliphatic carbocycles. The van der Waals surface area contributed by atoms with E-state index in [1.807, 2.05) is 18.2 Å². The second-order valence-corrected chi connectivity index (χ2v) is 11.6. The van der Waals surface area contributed by atoms with Gasteiger partial charge in [-0.15, -0.1) is 0 Å². The van der Waals surface area contributed by atoms with E-state index < -0.39 is 0 Å². The van der Waals surface area contributed by atoms with E-state index in [-0.39, 0.29) is 0 Å². The van der Waals surface area contributed by atoms with Crippen LogP contribution >= 0.6 is 23.4 Å². The number of thioether (sulfide) groups is 1. The third kappa shape index (κ3) is 8.10. The van der Waals surface area contributed by atoms with Gasteiger partial charge in [-0.25, -0.2) is 0 Å². The molecule has 1 fully saturated rings. The van der Waals surface area contributed by atoms with Crippen molar-refractivity contribution >= 4 is 40.8 Å². The molecule has 1 saturated heterocycles. The smallest absolute Gasteiger partial charge is 0.0569 e. The van der Waals surface area contributed by atoms with Gasteiger partial charge in [0.25, 0.3) is 0 Å². The Morgan fingerprint density at radius 3 is 2.61 bits per heavy atom. The quantitative estimate of drug-likeness (QED) is 0.305. The topological polar surface area (TPSA) is 27.6 Å². The summed E-state index contributed by atoms with van der Waals surface area (Å²) < 4.78 is 0. The van der Waals surface area contributed by atoms with Crippen molar-refractivity contribution < 1.29 is 0 Å². The molecule has 1 N–H and O–H groups in total. The fourth-order valence-corrected chi connectivity index (χ4v) is 6.29. The first-order valence-corrected chi connectivity index (χ1v) is 14.9. The molecule has 2 aliphatic heterocycles. The Morgan fingerprint density at radius 2 is 1.76 bits per heavy atom. The fraction of sp³-hybridized carbons (Fsp3) is 0.303. The number of hydrogen-bond donors (Lipinski definition) is 1. The molecule has 0 amide bonds. The molecule has 38 heavy (non-hydrogen) atoms. The van der Waals surface area contributed by atoms with E-state index in [9.17, 15) is 0 Å². The van der Waals surface area contributed by atoms with Gasteiger partial charge in [0.1, 0.15) is 0 Å². The van der Waals surface area contributed by atoms with Gasteiger partial charge < -0.3 is 10.2 Å². The molecule has 3 nitrogen and oxygen atoms in total. The van der Waals surface area contributed by atoms with Crippen molar-refractivity contribution in [3.63, 3.8) is 0 Å². The highest BCUT2D eigenvalue weighted by Crippen LogP contribution is 2.35. The second-order valence-electron chi connectivity index (χ2n) is 10.1. The molecule has 3 aromatic carbocycles. The molecule has 3 aromatic rings. The van der Waals surface area contributed by atoms with E-state index >= 15 is 0 Å². The zero-order chi connectivity index (χ0) is 26.0. The maximum absolute atomic E-state index is 6.23. The zero-order valence-corrected chi connectivity index (χ0v) is 23.4. The van der Waals surface area contributed by atoms with Crippen molar-refractivity contribution in [3.8, 4) is 0 Å². The van der Waals surface area contributed by atoms with Crippen LogP contribution in [0.15, 0.2) is 106 Å². The molecule has 0 atom stereocenters. The van der Waals surface area contributed by atoms with Gasteiger partial charge in [0.15, 0.2) is 0 Å². The van der Waals surface area contributed by atoms with Crippen molar-refractivity contribution in [2.75, 3.05) is 38.0 Å². The number of halogens is 1. The predicted octanol–water partition coefficient (Wildman–Crippen LogP) is 8.24. The van der Waals surface area contributed by atoms with Gasteiger partial charge in [-0.3, -0.25) is 4.99 Å². The molecule has 2 heterocycles. The van der Waals surface area contributed by atoms with Gasteiger partial charge in [-0.2, -0.15) is 0 Å². The number of allylic oxidation sites excluding steroid dienone is 1. The molecule has 0 spiro atoms. The lowest BCUT2D eigenvalue weighted by Gasteiger charge is -2.31. The Bertz CT molecular complexity index is 1280. The van der Waals surface area contributed by atoms with E-state index in [1.54, 1.807) is 11.8 Å². The van der Waals surface area contributed by atoms with Crippen LogP contribution < -0.4 is 5.32 Å². The number of nitrogens with zero attached hydrogens (tertiary/aromatic N) is 2. The molecule has 0 bridgehead atoms. The number of anilines is 1. The number of rotatable bonds is 7. The van der Waals surface area contributed by atoms with E-state index in [2.05, 4.69) is 89.1 Å². The summed E-state index contributed by atoms with van der Waals surface area (Å²) >= 11 is 7.99. The second kappa shape index (κ2) is 13.8. The van der Waals surface area contributed by atoms with Crippen LogP contribution in [-0.2, 0) is 6.42 Å². The lowest BCUT2D eigenvalue weighted by Crippen LogP contribution is -2.35. The van der Waals surface area contributed by atoms with Crippen LogP contribution in [0.1, 0.15) is 30.4 Å². The Morgan fingerprint density at radius 1 is 0.947 bits per heavy atom. The molecule has 0 saturated carbocycles. The average molecular weight is 542 g/mol. The third-order valence-electron chi connectivity index (χ3n) is 7.19. The molecule has 5 rings (SSSR count). The molecular formula is C33H36ClN3S. The minimum atomic E-state index is 0.726. The van der Waals surface area contributed by atoms with E-state index in [0.717, 1.165) is 58.9 Å². The van der Waals surface area contributed by atoms with Crippen molar-refractivity contribution in [2.24, 2.45) is 10.9 Å². The highest BCUT2D eigenvalue weighted by atomic mass is 35.5. The van der Waals surface area contributed by atoms with E-state index in [0.29, 0.717) is 0 Å². The number of fused-ring (bicyclic) bond motifs is 1. The summed E-state index contributed by atoms with van der Waals surface area (Å²) in [7, 11) is 0. The zero-order valence-electron chi connectivity index (χ0n) is 21.9. The van der Waals surface area contributed by atoms with Crippen LogP contribution in [0.25, 0.3) is 6.08 Å². The lowest BCUT2D eigenvalue weighted by atomic mass is 9.90. The maximum atomic E-state index is 6.23. The summed E-state index contributed by atoms with van der Waals surface area (Å²) in [6.07, 6.45) is 11.5. The average Bonchev–Trinajstić information content (AvgIpc) is 3.02. The first-order chi connectivity index (χ1) is 18.7. The third-order valence-corrected chi connectivity index (χ3v) is 8.49. The first-order valence-electron chi connectivity index (χ1n) is 13.7. The summed E-state index contributed by atoms with van der Waals surface area (Å²) in [5, 5.41) is 4.35. The maximum Gasteiger partial charge on any atom is 0.0569 e. The van der Waals surface area contributed by atoms with Crippen LogP contribution in [0.4, 0.5) is 5.69 Å². The number of likely N-dealkylation sites (tertiary alicyclic amines) is 1. The normalized spacial score (nSPS) is 19.0. The number of nitrogens with one attached hydrogen (secondary N) is 1. The number of piperidine rings is 1. The van der Waals surface area contributed by atoms with Crippen molar-refractivity contribution in [1.29, 1.82) is 0 Å². The van der Waals surface area contributed by atoms with Crippen LogP contribution in [0, 0.1) is 5.92 Å². The van der Waals surface area contributed by atoms with Gasteiger partial charge in [0, 0.05) is 27.1 Å². The van der Waals surface area contributed by atoms with E-state index in [1.165, 1.54) is 42.8 Å². The molecule has 0 aromatic heterocycles. The summed E-state index contributed by atoms with van der Waals surface area (Å²) in [5.41, 5.74) is 4.80. The van der Waals surface area contributed by atoms with Gasteiger partial charge in [0.2, 0.25) is 0 Å². The Labute approximate surface area is 236 Å². The monoisotopic (exact) mass is 541 g/mol. The van der Waals surface area contributed by atoms with Crippen molar-refractivity contribution in [1.82, 2.24) is 4.90 Å². The van der Waals surface area contributed by atoms with Crippen LogP contribution in [0.5, 0.6) is 0 Å². The van der Waals surface area contributed by atoms with Gasteiger partial charge >= 0.3 is 0 Å². The van der Waals surface area contributed by atoms with Gasteiger partial charge in [-0.05, 0) is 105 Å². The molecule has 2 aliphatic rings. The summed E-state index contributed by atoms with van der Waals surface area (Å²) in [6.45, 7) is 5.13. The predicted molar refractivity (Wildman–Crippen MR) is 166 cm³/mol. The standard InChI is InChI=1S/C33H36ClN3S/c34-29-11-6-10-28(23-29)24-31-15-14-30(25-36-32-12-4-5-13-33(32)38-31)35-18-7-19-37-20-16-27(17-21-37)22-26-8-2-1-3-9-26/h1-6,8-15,23-24,27,36H,7,16-22,25H2/b15-14?,31-24-,35-30?. The van der Waals surface area contributed by atoms with E-state index in [4.69, 9.17) is 16.6 Å².